The maximum absolute atomic E-state index is 6.42. The molecule has 1 aliphatic heterocycles. The Balaban J connectivity index is 2.39. The predicted octanol–water partition coefficient (Wildman–Crippen LogP) is 4.39. The average molecular weight is 270 g/mol. The summed E-state index contributed by atoms with van der Waals surface area (Å²) in [7, 11) is 0. The number of nitrogens with zero attached hydrogens (tertiary/aromatic N) is 1. The summed E-state index contributed by atoms with van der Waals surface area (Å²) in [6.45, 7) is 9.98. The van der Waals surface area contributed by atoms with Crippen LogP contribution in [0.4, 0.5) is 0 Å². The maximum atomic E-state index is 6.42. The van der Waals surface area contributed by atoms with E-state index in [2.05, 4.69) is 37.8 Å². The molecule has 3 heteroatoms. The van der Waals surface area contributed by atoms with Gasteiger partial charge in [-0.1, -0.05) is 38.4 Å². The molecule has 1 heterocycles. The van der Waals surface area contributed by atoms with E-state index in [0.29, 0.717) is 5.92 Å². The van der Waals surface area contributed by atoms with Crippen molar-refractivity contribution in [2.24, 2.45) is 0 Å². The number of thioether (sulfide) groups is 1. The lowest BCUT2D eigenvalue weighted by Gasteiger charge is -2.18. The first-order chi connectivity index (χ1) is 8.11. The van der Waals surface area contributed by atoms with Crippen molar-refractivity contribution in [3.63, 3.8) is 0 Å². The number of fused-ring (bicyclic) bond motifs is 1. The predicted molar refractivity (Wildman–Crippen MR) is 77.2 cm³/mol. The van der Waals surface area contributed by atoms with E-state index in [0.717, 1.165) is 30.4 Å². The van der Waals surface area contributed by atoms with Crippen molar-refractivity contribution < 1.29 is 0 Å². The van der Waals surface area contributed by atoms with Crippen LogP contribution < -0.4 is 0 Å². The van der Waals surface area contributed by atoms with Crippen LogP contribution in [0.25, 0.3) is 0 Å². The molecule has 1 aromatic carbocycles. The summed E-state index contributed by atoms with van der Waals surface area (Å²) < 4.78 is 0. The van der Waals surface area contributed by atoms with Gasteiger partial charge in [0.2, 0.25) is 0 Å². The second kappa shape index (κ2) is 5.64. The third kappa shape index (κ3) is 2.98. The summed E-state index contributed by atoms with van der Waals surface area (Å²) in [6, 6.07) is 4.48. The Hall–Kier alpha value is -0.180. The van der Waals surface area contributed by atoms with Gasteiger partial charge in [0.1, 0.15) is 0 Å². The van der Waals surface area contributed by atoms with Crippen LogP contribution in [0, 0.1) is 0 Å². The molecule has 1 nitrogen and oxygen atoms in total. The Morgan fingerprint density at radius 1 is 1.41 bits per heavy atom. The van der Waals surface area contributed by atoms with Crippen molar-refractivity contribution in [2.45, 2.75) is 38.1 Å². The van der Waals surface area contributed by atoms with Crippen LogP contribution in [-0.4, -0.2) is 23.7 Å². The largest absolute Gasteiger partial charge is 0.298 e. The quantitative estimate of drug-likeness (QED) is 0.783. The summed E-state index contributed by atoms with van der Waals surface area (Å²) in [5.74, 6) is 1.68. The number of benzene rings is 1. The molecule has 0 aliphatic carbocycles. The number of halogens is 1. The first kappa shape index (κ1) is 13.3. The fourth-order valence-corrected chi connectivity index (χ4v) is 3.62. The third-order valence-corrected chi connectivity index (χ3v) is 4.87. The Kier molecular flexibility index (Phi) is 4.40. The highest BCUT2D eigenvalue weighted by Gasteiger charge is 2.17. The second-order valence-corrected chi connectivity index (χ2v) is 6.38. The lowest BCUT2D eigenvalue weighted by Crippen LogP contribution is -2.23. The molecule has 17 heavy (non-hydrogen) atoms. The highest BCUT2D eigenvalue weighted by atomic mass is 35.5. The number of hydrogen-bond donors (Lipinski definition) is 0. The molecule has 0 amide bonds. The van der Waals surface area contributed by atoms with E-state index in [1.54, 1.807) is 0 Å². The molecule has 0 atom stereocenters. The highest BCUT2D eigenvalue weighted by molar-refractivity contribution is 7.99. The summed E-state index contributed by atoms with van der Waals surface area (Å²) in [5.41, 5.74) is 2.76. The van der Waals surface area contributed by atoms with E-state index >= 15 is 0 Å². The van der Waals surface area contributed by atoms with Crippen molar-refractivity contribution in [3.8, 4) is 0 Å². The lowest BCUT2D eigenvalue weighted by atomic mass is 10.0. The van der Waals surface area contributed by atoms with Gasteiger partial charge in [-0.05, 0) is 29.7 Å². The van der Waals surface area contributed by atoms with Gasteiger partial charge in [0.15, 0.2) is 0 Å². The van der Waals surface area contributed by atoms with Gasteiger partial charge in [0.05, 0.1) is 5.02 Å². The van der Waals surface area contributed by atoms with Crippen molar-refractivity contribution in [3.05, 3.63) is 28.3 Å². The minimum atomic E-state index is 0.543. The number of rotatable bonds is 2. The molecule has 0 fully saturated rings. The van der Waals surface area contributed by atoms with Crippen LogP contribution >= 0.6 is 23.4 Å². The Morgan fingerprint density at radius 3 is 2.82 bits per heavy atom. The summed E-state index contributed by atoms with van der Waals surface area (Å²) >= 11 is 8.32. The zero-order chi connectivity index (χ0) is 12.4. The van der Waals surface area contributed by atoms with Gasteiger partial charge in [-0.25, -0.2) is 0 Å². The molecule has 0 saturated heterocycles. The molecule has 0 unspecified atom stereocenters. The van der Waals surface area contributed by atoms with Gasteiger partial charge in [0, 0.05) is 23.7 Å². The van der Waals surface area contributed by atoms with E-state index in [4.69, 9.17) is 11.6 Å². The van der Waals surface area contributed by atoms with Gasteiger partial charge >= 0.3 is 0 Å². The average Bonchev–Trinajstić information content (AvgIpc) is 2.50. The molecule has 2 rings (SSSR count). The van der Waals surface area contributed by atoms with Gasteiger partial charge < -0.3 is 0 Å². The van der Waals surface area contributed by atoms with E-state index in [1.807, 2.05) is 11.8 Å². The smallest absolute Gasteiger partial charge is 0.0547 e. The topological polar surface area (TPSA) is 3.24 Å². The molecule has 0 saturated carbocycles. The molecule has 1 aromatic rings. The fraction of sp³-hybridized carbons (Fsp3) is 0.571. The van der Waals surface area contributed by atoms with Gasteiger partial charge in [0.25, 0.3) is 0 Å². The molecular formula is C14H20ClNS. The number of hydrogen-bond acceptors (Lipinski definition) is 2. The Morgan fingerprint density at radius 2 is 2.18 bits per heavy atom. The highest BCUT2D eigenvalue weighted by Crippen LogP contribution is 2.36. The Labute approximate surface area is 114 Å². The summed E-state index contributed by atoms with van der Waals surface area (Å²) in [4.78, 5) is 3.78. The van der Waals surface area contributed by atoms with Crippen LogP contribution in [0.5, 0.6) is 0 Å². The lowest BCUT2D eigenvalue weighted by molar-refractivity contribution is 0.299. The van der Waals surface area contributed by atoms with Gasteiger partial charge in [-0.15, -0.1) is 11.8 Å². The van der Waals surface area contributed by atoms with E-state index < -0.39 is 0 Å². The van der Waals surface area contributed by atoms with Crippen molar-refractivity contribution in [1.82, 2.24) is 4.90 Å². The van der Waals surface area contributed by atoms with E-state index in [-0.39, 0.29) is 0 Å². The molecule has 0 spiro atoms. The van der Waals surface area contributed by atoms with Crippen molar-refractivity contribution in [1.29, 1.82) is 0 Å². The van der Waals surface area contributed by atoms with Crippen molar-refractivity contribution >= 4 is 23.4 Å². The van der Waals surface area contributed by atoms with Crippen LogP contribution in [0.15, 0.2) is 17.0 Å². The van der Waals surface area contributed by atoms with Gasteiger partial charge in [-0.2, -0.15) is 0 Å². The molecule has 0 aromatic heterocycles. The first-order valence-electron chi connectivity index (χ1n) is 6.29. The minimum Gasteiger partial charge on any atom is -0.298 e. The zero-order valence-corrected chi connectivity index (χ0v) is 12.4. The van der Waals surface area contributed by atoms with Gasteiger partial charge in [-0.3, -0.25) is 4.90 Å². The second-order valence-electron chi connectivity index (χ2n) is 4.86. The molecular weight excluding hydrogens is 250 g/mol. The van der Waals surface area contributed by atoms with E-state index in [1.165, 1.54) is 16.0 Å². The van der Waals surface area contributed by atoms with Crippen LogP contribution in [0.3, 0.4) is 0 Å². The first-order valence-corrected chi connectivity index (χ1v) is 7.65. The molecule has 94 valence electrons. The minimum absolute atomic E-state index is 0.543. The summed E-state index contributed by atoms with van der Waals surface area (Å²) in [6.07, 6.45) is 0. The standard InChI is InChI=1S/C14H20ClNS/c1-4-16-5-6-17-14-12(9-16)7-11(10(2)3)8-13(14)15/h7-8,10H,4-6,9H2,1-3H3. The monoisotopic (exact) mass is 269 g/mol. The molecule has 0 bridgehead atoms. The Bertz CT molecular complexity index is 403. The molecule has 0 radical (unpaired) electrons. The SMILES string of the molecule is CCN1CCSc2c(Cl)cc(C(C)C)cc2C1. The molecule has 0 N–H and O–H groups in total. The molecule has 1 aliphatic rings. The zero-order valence-electron chi connectivity index (χ0n) is 10.8. The third-order valence-electron chi connectivity index (χ3n) is 3.30. The van der Waals surface area contributed by atoms with Crippen LogP contribution in [0.2, 0.25) is 5.02 Å². The van der Waals surface area contributed by atoms with E-state index in [9.17, 15) is 0 Å². The summed E-state index contributed by atoms with van der Waals surface area (Å²) in [5, 5.41) is 0.939. The normalized spacial score (nSPS) is 17.0. The maximum Gasteiger partial charge on any atom is 0.0547 e. The van der Waals surface area contributed by atoms with Crippen LogP contribution in [-0.2, 0) is 6.54 Å². The van der Waals surface area contributed by atoms with Crippen molar-refractivity contribution in [2.75, 3.05) is 18.8 Å². The fourth-order valence-electron chi connectivity index (χ4n) is 2.15. The van der Waals surface area contributed by atoms with Crippen LogP contribution in [0.1, 0.15) is 37.8 Å².